The molecule has 3 heteroatoms. The zero-order chi connectivity index (χ0) is 7.35. The van der Waals surface area contributed by atoms with Crippen molar-refractivity contribution in [1.29, 1.82) is 0 Å². The van der Waals surface area contributed by atoms with Gasteiger partial charge in [0.15, 0.2) is 0 Å². The summed E-state index contributed by atoms with van der Waals surface area (Å²) in [6.07, 6.45) is 2.57. The van der Waals surface area contributed by atoms with E-state index in [4.69, 9.17) is 10.8 Å². The van der Waals surface area contributed by atoms with Gasteiger partial charge in [0.05, 0.1) is 5.41 Å². The van der Waals surface area contributed by atoms with Crippen molar-refractivity contribution >= 4 is 5.97 Å². The van der Waals surface area contributed by atoms with Crippen molar-refractivity contribution in [3.63, 3.8) is 0 Å². The predicted octanol–water partition coefficient (Wildman–Crippen LogP) is 0.198. The minimum Gasteiger partial charge on any atom is -0.481 e. The summed E-state index contributed by atoms with van der Waals surface area (Å²) >= 11 is 0. The molecule has 10 heavy (non-hydrogen) atoms. The highest BCUT2D eigenvalue weighted by atomic mass is 16.4. The molecule has 3 nitrogen and oxygen atoms in total. The Balaban J connectivity index is 2.25. The molecule has 56 valence electrons. The summed E-state index contributed by atoms with van der Waals surface area (Å²) in [5, 5.41) is 8.80. The van der Waals surface area contributed by atoms with Crippen LogP contribution in [-0.4, -0.2) is 17.1 Å². The standard InChI is InChI=1S/C7H11NO2/c8-5-1-4-2-7(5,3-4)6(9)10/h4-5H,1-3,8H2,(H,9,10). The van der Waals surface area contributed by atoms with E-state index in [-0.39, 0.29) is 6.04 Å². The van der Waals surface area contributed by atoms with Crippen molar-refractivity contribution in [3.05, 3.63) is 0 Å². The van der Waals surface area contributed by atoms with Crippen LogP contribution in [-0.2, 0) is 4.79 Å². The maximum Gasteiger partial charge on any atom is 0.311 e. The third-order valence-corrected chi connectivity index (χ3v) is 3.03. The Hall–Kier alpha value is -0.570. The maximum absolute atomic E-state index is 10.7. The Morgan fingerprint density at radius 3 is 2.40 bits per heavy atom. The van der Waals surface area contributed by atoms with Crippen LogP contribution in [0.4, 0.5) is 0 Å². The average molecular weight is 141 g/mol. The van der Waals surface area contributed by atoms with Gasteiger partial charge in [0, 0.05) is 6.04 Å². The van der Waals surface area contributed by atoms with E-state index in [0.717, 1.165) is 19.3 Å². The third-order valence-electron chi connectivity index (χ3n) is 3.03. The van der Waals surface area contributed by atoms with Gasteiger partial charge < -0.3 is 10.8 Å². The Morgan fingerprint density at radius 1 is 1.60 bits per heavy atom. The molecule has 0 aliphatic heterocycles. The first-order chi connectivity index (χ1) is 4.65. The molecule has 1 atom stereocenters. The second-order valence-corrected chi connectivity index (χ2v) is 3.58. The van der Waals surface area contributed by atoms with E-state index in [0.29, 0.717) is 5.92 Å². The van der Waals surface area contributed by atoms with Crippen molar-refractivity contribution in [2.75, 3.05) is 0 Å². The molecule has 0 radical (unpaired) electrons. The van der Waals surface area contributed by atoms with Crippen LogP contribution in [0.15, 0.2) is 0 Å². The highest BCUT2D eigenvalue weighted by Crippen LogP contribution is 2.57. The van der Waals surface area contributed by atoms with E-state index in [9.17, 15) is 4.79 Å². The van der Waals surface area contributed by atoms with Crippen LogP contribution in [0.3, 0.4) is 0 Å². The van der Waals surface area contributed by atoms with Gasteiger partial charge in [-0.2, -0.15) is 0 Å². The average Bonchev–Trinajstić information content (AvgIpc) is 2.15. The van der Waals surface area contributed by atoms with Gasteiger partial charge in [0.2, 0.25) is 0 Å². The number of carboxylic acid groups (broad SMARTS) is 1. The molecule has 3 fully saturated rings. The van der Waals surface area contributed by atoms with Crippen molar-refractivity contribution in [1.82, 2.24) is 0 Å². The molecule has 0 heterocycles. The summed E-state index contributed by atoms with van der Waals surface area (Å²) in [5.41, 5.74) is 5.17. The topological polar surface area (TPSA) is 63.3 Å². The van der Waals surface area contributed by atoms with Gasteiger partial charge in [0.25, 0.3) is 0 Å². The highest BCUT2D eigenvalue weighted by molar-refractivity contribution is 5.78. The molecule has 1 unspecified atom stereocenters. The number of hydrogen-bond donors (Lipinski definition) is 2. The second-order valence-electron chi connectivity index (χ2n) is 3.58. The third kappa shape index (κ3) is 0.475. The molecular formula is C7H11NO2. The Morgan fingerprint density at radius 2 is 2.20 bits per heavy atom. The van der Waals surface area contributed by atoms with Crippen LogP contribution in [0.25, 0.3) is 0 Å². The fraction of sp³-hybridized carbons (Fsp3) is 0.857. The van der Waals surface area contributed by atoms with Gasteiger partial charge in [-0.15, -0.1) is 0 Å². The van der Waals surface area contributed by atoms with Crippen LogP contribution >= 0.6 is 0 Å². The van der Waals surface area contributed by atoms with Crippen LogP contribution in [0, 0.1) is 11.3 Å². The minimum absolute atomic E-state index is 0.0741. The van der Waals surface area contributed by atoms with Gasteiger partial charge in [-0.1, -0.05) is 0 Å². The highest BCUT2D eigenvalue weighted by Gasteiger charge is 2.60. The summed E-state index contributed by atoms with van der Waals surface area (Å²) in [7, 11) is 0. The number of carbonyl (C=O) groups is 1. The molecule has 3 saturated carbocycles. The maximum atomic E-state index is 10.7. The molecule has 0 aromatic carbocycles. The number of aliphatic carboxylic acids is 1. The van der Waals surface area contributed by atoms with E-state index >= 15 is 0 Å². The van der Waals surface area contributed by atoms with E-state index < -0.39 is 11.4 Å². The van der Waals surface area contributed by atoms with Gasteiger partial charge in [0.1, 0.15) is 0 Å². The SMILES string of the molecule is NC1CC2CC1(C(=O)O)C2. The number of fused-ring (bicyclic) bond motifs is 1. The quantitative estimate of drug-likeness (QED) is 0.548. The molecular weight excluding hydrogens is 130 g/mol. The summed E-state index contributed by atoms with van der Waals surface area (Å²) in [6.45, 7) is 0. The fourth-order valence-corrected chi connectivity index (χ4v) is 2.36. The lowest BCUT2D eigenvalue weighted by atomic mass is 9.68. The normalized spacial score (nSPS) is 50.5. The van der Waals surface area contributed by atoms with E-state index in [1.165, 1.54) is 0 Å². The summed E-state index contributed by atoms with van der Waals surface area (Å²) < 4.78 is 0. The van der Waals surface area contributed by atoms with Crippen LogP contribution in [0.5, 0.6) is 0 Å². The smallest absolute Gasteiger partial charge is 0.311 e. The van der Waals surface area contributed by atoms with Gasteiger partial charge >= 0.3 is 5.97 Å². The summed E-state index contributed by atoms with van der Waals surface area (Å²) in [4.78, 5) is 10.7. The molecule has 3 rings (SSSR count). The fourth-order valence-electron chi connectivity index (χ4n) is 2.36. The van der Waals surface area contributed by atoms with Crippen molar-refractivity contribution in [2.24, 2.45) is 17.1 Å². The number of hydrogen-bond acceptors (Lipinski definition) is 2. The number of nitrogens with two attached hydrogens (primary N) is 1. The summed E-state index contributed by atoms with van der Waals surface area (Å²) in [5.74, 6) is -0.0696. The Kier molecular flexibility index (Phi) is 0.944. The first-order valence-electron chi connectivity index (χ1n) is 3.64. The molecule has 0 aromatic heterocycles. The largest absolute Gasteiger partial charge is 0.481 e. The monoisotopic (exact) mass is 141 g/mol. The van der Waals surface area contributed by atoms with Gasteiger partial charge in [-0.3, -0.25) is 4.79 Å². The molecule has 3 N–H and O–H groups in total. The Labute approximate surface area is 59.2 Å². The lowest BCUT2D eigenvalue weighted by Gasteiger charge is -2.35. The Bertz CT molecular complexity index is 184. The summed E-state index contributed by atoms with van der Waals surface area (Å²) in [6, 6.07) is -0.0741. The predicted molar refractivity (Wildman–Crippen MR) is 35.4 cm³/mol. The zero-order valence-electron chi connectivity index (χ0n) is 5.71. The molecule has 0 amide bonds. The van der Waals surface area contributed by atoms with E-state index in [1.807, 2.05) is 0 Å². The molecule has 0 aromatic rings. The van der Waals surface area contributed by atoms with E-state index in [2.05, 4.69) is 0 Å². The van der Waals surface area contributed by atoms with Crippen molar-refractivity contribution in [3.8, 4) is 0 Å². The molecule has 0 saturated heterocycles. The van der Waals surface area contributed by atoms with Gasteiger partial charge in [-0.25, -0.2) is 0 Å². The van der Waals surface area contributed by atoms with Crippen LogP contribution in [0.2, 0.25) is 0 Å². The second kappa shape index (κ2) is 1.53. The van der Waals surface area contributed by atoms with Crippen molar-refractivity contribution in [2.45, 2.75) is 25.3 Å². The van der Waals surface area contributed by atoms with Crippen molar-refractivity contribution < 1.29 is 9.90 Å². The lowest BCUT2D eigenvalue weighted by Crippen LogP contribution is -2.45. The first kappa shape index (κ1) is 6.16. The van der Waals surface area contributed by atoms with Crippen LogP contribution in [0.1, 0.15) is 19.3 Å². The van der Waals surface area contributed by atoms with Gasteiger partial charge in [-0.05, 0) is 25.2 Å². The lowest BCUT2D eigenvalue weighted by molar-refractivity contribution is -0.153. The zero-order valence-corrected chi connectivity index (χ0v) is 5.71. The van der Waals surface area contributed by atoms with E-state index in [1.54, 1.807) is 0 Å². The molecule has 3 aliphatic carbocycles. The number of rotatable bonds is 1. The first-order valence-corrected chi connectivity index (χ1v) is 3.64. The molecule has 0 spiro atoms. The number of carboxylic acids is 1. The minimum atomic E-state index is -0.686. The molecule has 2 bridgehead atoms. The molecule has 3 aliphatic rings. The van der Waals surface area contributed by atoms with Crippen LogP contribution < -0.4 is 5.73 Å².